The first-order valence-corrected chi connectivity index (χ1v) is 10.5. The highest BCUT2D eigenvalue weighted by atomic mass is 35.5. The Morgan fingerprint density at radius 3 is 2.57 bits per heavy atom. The van der Waals surface area contributed by atoms with Gasteiger partial charge in [-0.2, -0.15) is 0 Å². The Bertz CT molecular complexity index is 849. The fraction of sp³-hybridized carbons (Fsp3) is 0.476. The molecule has 0 aliphatic carbocycles. The third kappa shape index (κ3) is 5.31. The molecule has 1 atom stereocenters. The van der Waals surface area contributed by atoms with Crippen LogP contribution in [-0.2, 0) is 20.7 Å². The molecule has 1 aromatic carbocycles. The Kier molecular flexibility index (Phi) is 7.33. The molecule has 0 aromatic heterocycles. The average Bonchev–Trinajstić information content (AvgIpc) is 2.70. The van der Waals surface area contributed by atoms with Crippen molar-refractivity contribution in [3.8, 4) is 0 Å². The molecule has 2 heterocycles. The maximum absolute atomic E-state index is 12.6. The molecule has 0 bridgehead atoms. The molecule has 0 saturated carbocycles. The van der Waals surface area contributed by atoms with Crippen LogP contribution >= 0.6 is 11.6 Å². The zero-order chi connectivity index (χ0) is 21.7. The summed E-state index contributed by atoms with van der Waals surface area (Å²) in [6.07, 6.45) is 0.275. The molecule has 9 heteroatoms. The molecule has 2 aliphatic rings. The van der Waals surface area contributed by atoms with E-state index in [0.29, 0.717) is 49.0 Å². The minimum Gasteiger partial charge on any atom is -0.463 e. The normalized spacial score (nSPS) is 19.9. The maximum atomic E-state index is 12.6. The van der Waals surface area contributed by atoms with E-state index in [4.69, 9.17) is 16.3 Å². The number of nitrogens with zero attached hydrogens (tertiary/aromatic N) is 2. The fourth-order valence-corrected chi connectivity index (χ4v) is 3.90. The van der Waals surface area contributed by atoms with Gasteiger partial charge < -0.3 is 20.3 Å². The van der Waals surface area contributed by atoms with Crippen LogP contribution < -0.4 is 10.6 Å². The van der Waals surface area contributed by atoms with Gasteiger partial charge in [0.1, 0.15) is 0 Å². The van der Waals surface area contributed by atoms with Crippen molar-refractivity contribution in [1.29, 1.82) is 0 Å². The van der Waals surface area contributed by atoms with E-state index in [-0.39, 0.29) is 25.0 Å². The molecule has 2 N–H and O–H groups in total. The lowest BCUT2D eigenvalue weighted by molar-refractivity contribution is -0.139. The molecule has 8 nitrogen and oxygen atoms in total. The van der Waals surface area contributed by atoms with Gasteiger partial charge in [0, 0.05) is 43.4 Å². The van der Waals surface area contributed by atoms with Crippen LogP contribution in [-0.4, -0.2) is 73.1 Å². The van der Waals surface area contributed by atoms with Gasteiger partial charge >= 0.3 is 12.0 Å². The number of rotatable bonds is 6. The Balaban J connectivity index is 1.60. The van der Waals surface area contributed by atoms with Crippen molar-refractivity contribution >= 4 is 29.5 Å². The SMILES string of the molecule is CCOC(=O)C1=C(CN2CCN(C(=O)Cc3ccccc3Cl)CC2)NC(=O)NC1C. The predicted molar refractivity (Wildman–Crippen MR) is 113 cm³/mol. The molecule has 1 aromatic rings. The zero-order valence-electron chi connectivity index (χ0n) is 17.2. The highest BCUT2D eigenvalue weighted by Crippen LogP contribution is 2.18. The third-order valence-electron chi connectivity index (χ3n) is 5.27. The number of benzene rings is 1. The number of nitrogens with one attached hydrogen (secondary N) is 2. The summed E-state index contributed by atoms with van der Waals surface area (Å²) < 4.78 is 5.15. The number of esters is 1. The summed E-state index contributed by atoms with van der Waals surface area (Å²) in [5.74, 6) is -0.390. The van der Waals surface area contributed by atoms with Gasteiger partial charge in [-0.05, 0) is 25.5 Å². The first-order chi connectivity index (χ1) is 14.4. The van der Waals surface area contributed by atoms with E-state index >= 15 is 0 Å². The Morgan fingerprint density at radius 1 is 1.20 bits per heavy atom. The van der Waals surface area contributed by atoms with Gasteiger partial charge in [0.25, 0.3) is 0 Å². The number of hydrogen-bond donors (Lipinski definition) is 2. The predicted octanol–water partition coefficient (Wildman–Crippen LogP) is 1.55. The number of ether oxygens (including phenoxy) is 1. The van der Waals surface area contributed by atoms with Gasteiger partial charge in [-0.15, -0.1) is 0 Å². The van der Waals surface area contributed by atoms with Crippen molar-refractivity contribution in [2.24, 2.45) is 0 Å². The first-order valence-electron chi connectivity index (χ1n) is 10.1. The molecule has 162 valence electrons. The van der Waals surface area contributed by atoms with E-state index in [9.17, 15) is 14.4 Å². The smallest absolute Gasteiger partial charge is 0.337 e. The minimum atomic E-state index is -0.430. The third-order valence-corrected chi connectivity index (χ3v) is 5.64. The molecule has 2 aliphatic heterocycles. The zero-order valence-corrected chi connectivity index (χ0v) is 18.0. The average molecular weight is 435 g/mol. The first kappa shape index (κ1) is 22.1. The summed E-state index contributed by atoms with van der Waals surface area (Å²) in [4.78, 5) is 40.8. The van der Waals surface area contributed by atoms with Crippen molar-refractivity contribution in [1.82, 2.24) is 20.4 Å². The van der Waals surface area contributed by atoms with Gasteiger partial charge in [-0.25, -0.2) is 9.59 Å². The number of urea groups is 1. The Labute approximate surface area is 181 Å². The maximum Gasteiger partial charge on any atom is 0.337 e. The molecule has 1 fully saturated rings. The van der Waals surface area contributed by atoms with Crippen LogP contribution in [0.1, 0.15) is 19.4 Å². The molecule has 1 unspecified atom stereocenters. The van der Waals surface area contributed by atoms with E-state index in [1.807, 2.05) is 23.1 Å². The van der Waals surface area contributed by atoms with Crippen LogP contribution in [0, 0.1) is 0 Å². The summed E-state index contributed by atoms with van der Waals surface area (Å²) in [5, 5.41) is 6.04. The highest BCUT2D eigenvalue weighted by Gasteiger charge is 2.31. The second-order valence-electron chi connectivity index (χ2n) is 7.36. The lowest BCUT2D eigenvalue weighted by Gasteiger charge is -2.36. The lowest BCUT2D eigenvalue weighted by atomic mass is 10.0. The number of piperazine rings is 1. The summed E-state index contributed by atoms with van der Waals surface area (Å²) in [6.45, 7) is 6.63. The Hall–Kier alpha value is -2.58. The Morgan fingerprint density at radius 2 is 1.90 bits per heavy atom. The second kappa shape index (κ2) is 9.95. The van der Waals surface area contributed by atoms with E-state index in [0.717, 1.165) is 5.56 Å². The van der Waals surface area contributed by atoms with E-state index < -0.39 is 12.0 Å². The molecule has 30 heavy (non-hydrogen) atoms. The molecule has 0 spiro atoms. The van der Waals surface area contributed by atoms with E-state index in [2.05, 4.69) is 15.5 Å². The topological polar surface area (TPSA) is 91.0 Å². The molecular formula is C21H27ClN4O4. The molecule has 0 radical (unpaired) electrons. The van der Waals surface area contributed by atoms with Gasteiger partial charge in [-0.3, -0.25) is 9.69 Å². The fourth-order valence-electron chi connectivity index (χ4n) is 3.70. The number of amides is 3. The summed E-state index contributed by atoms with van der Waals surface area (Å²) in [7, 11) is 0. The minimum absolute atomic E-state index is 0.0398. The van der Waals surface area contributed by atoms with Gasteiger partial charge in [0.2, 0.25) is 5.91 Å². The van der Waals surface area contributed by atoms with Crippen molar-refractivity contribution in [3.63, 3.8) is 0 Å². The van der Waals surface area contributed by atoms with Crippen molar-refractivity contribution in [3.05, 3.63) is 46.1 Å². The quantitative estimate of drug-likeness (QED) is 0.663. The molecule has 3 amide bonds. The van der Waals surface area contributed by atoms with Gasteiger partial charge in [-0.1, -0.05) is 29.8 Å². The largest absolute Gasteiger partial charge is 0.463 e. The number of carbonyl (C=O) groups excluding carboxylic acids is 3. The van der Waals surface area contributed by atoms with E-state index in [1.54, 1.807) is 19.9 Å². The summed E-state index contributed by atoms with van der Waals surface area (Å²) in [6, 6.07) is 6.60. The van der Waals surface area contributed by atoms with Crippen LogP contribution in [0.4, 0.5) is 4.79 Å². The molecular weight excluding hydrogens is 408 g/mol. The number of hydrogen-bond acceptors (Lipinski definition) is 5. The molecule has 3 rings (SSSR count). The van der Waals surface area contributed by atoms with Crippen LogP contribution in [0.5, 0.6) is 0 Å². The number of halogens is 1. The van der Waals surface area contributed by atoms with Crippen molar-refractivity contribution < 1.29 is 19.1 Å². The van der Waals surface area contributed by atoms with Crippen LogP contribution in [0.3, 0.4) is 0 Å². The monoisotopic (exact) mass is 434 g/mol. The summed E-state index contributed by atoms with van der Waals surface area (Å²) >= 11 is 6.16. The summed E-state index contributed by atoms with van der Waals surface area (Å²) in [5.41, 5.74) is 1.82. The highest BCUT2D eigenvalue weighted by molar-refractivity contribution is 6.31. The molecule has 1 saturated heterocycles. The van der Waals surface area contributed by atoms with Crippen molar-refractivity contribution in [2.45, 2.75) is 26.3 Å². The van der Waals surface area contributed by atoms with Crippen LogP contribution in [0.25, 0.3) is 0 Å². The lowest BCUT2D eigenvalue weighted by Crippen LogP contribution is -2.54. The standard InChI is InChI=1S/C21H27ClN4O4/c1-3-30-20(28)19-14(2)23-21(29)24-17(19)13-25-8-10-26(11-9-25)18(27)12-15-6-4-5-7-16(15)22/h4-7,14H,3,8-13H2,1-2H3,(H2,23,24,29). The van der Waals surface area contributed by atoms with Gasteiger partial charge in [0.15, 0.2) is 0 Å². The second-order valence-corrected chi connectivity index (χ2v) is 7.77. The van der Waals surface area contributed by atoms with Crippen LogP contribution in [0.2, 0.25) is 5.02 Å². The van der Waals surface area contributed by atoms with Gasteiger partial charge in [0.05, 0.1) is 24.6 Å². The van der Waals surface area contributed by atoms with Crippen molar-refractivity contribution in [2.75, 3.05) is 39.3 Å². The number of carbonyl (C=O) groups is 3. The van der Waals surface area contributed by atoms with E-state index in [1.165, 1.54) is 0 Å². The van der Waals surface area contributed by atoms with Crippen LogP contribution in [0.15, 0.2) is 35.5 Å².